The molecule has 120 valence electrons. The van der Waals surface area contributed by atoms with Gasteiger partial charge in [-0.15, -0.1) is 11.8 Å². The number of amides is 1. The molecule has 1 saturated heterocycles. The van der Waals surface area contributed by atoms with Crippen LogP contribution in [-0.2, 0) is 0 Å². The van der Waals surface area contributed by atoms with Crippen LogP contribution in [-0.4, -0.2) is 68.5 Å². The molecule has 0 atom stereocenters. The van der Waals surface area contributed by atoms with Crippen LogP contribution < -0.4 is 0 Å². The van der Waals surface area contributed by atoms with E-state index in [0.29, 0.717) is 0 Å². The van der Waals surface area contributed by atoms with Gasteiger partial charge in [0.1, 0.15) is 10.7 Å². The normalized spacial score (nSPS) is 19.8. The van der Waals surface area contributed by atoms with Crippen LogP contribution in [0.4, 0.5) is 4.79 Å². The Labute approximate surface area is 143 Å². The quantitative estimate of drug-likeness (QED) is 0.577. The molecule has 0 N–H and O–H groups in total. The fourth-order valence-corrected chi connectivity index (χ4v) is 5.08. The van der Waals surface area contributed by atoms with Gasteiger partial charge >= 0.3 is 0 Å². The number of hydrogen-bond acceptors (Lipinski definition) is 7. The molecule has 0 aromatic carbocycles. The summed E-state index contributed by atoms with van der Waals surface area (Å²) in [4.78, 5) is 15.8. The van der Waals surface area contributed by atoms with Crippen LogP contribution in [0.3, 0.4) is 0 Å². The second-order valence-electron chi connectivity index (χ2n) is 5.48. The first kappa shape index (κ1) is 16.3. The van der Waals surface area contributed by atoms with E-state index in [4.69, 9.17) is 0 Å². The number of hydrogen-bond donors (Lipinski definition) is 0. The topological polar surface area (TPSA) is 49.3 Å². The third-order valence-corrected chi connectivity index (χ3v) is 6.35. The van der Waals surface area contributed by atoms with Crippen molar-refractivity contribution >= 4 is 46.1 Å². The average molecular weight is 357 g/mol. The summed E-state index contributed by atoms with van der Waals surface area (Å²) in [6.45, 7) is 3.83. The van der Waals surface area contributed by atoms with Gasteiger partial charge in [-0.05, 0) is 25.5 Å². The van der Waals surface area contributed by atoms with Crippen molar-refractivity contribution in [1.29, 1.82) is 0 Å². The molecule has 0 aliphatic carbocycles. The second-order valence-corrected chi connectivity index (χ2v) is 8.14. The van der Waals surface area contributed by atoms with E-state index in [1.165, 1.54) is 29.1 Å². The number of likely N-dealkylation sites (N-methyl/N-ethyl adjacent to an activating group) is 1. The molecule has 1 aromatic heterocycles. The minimum absolute atomic E-state index is 0.233. The highest BCUT2D eigenvalue weighted by Gasteiger charge is 2.21. The summed E-state index contributed by atoms with van der Waals surface area (Å²) in [5, 5.41) is 1.28. The van der Waals surface area contributed by atoms with E-state index in [2.05, 4.69) is 26.8 Å². The van der Waals surface area contributed by atoms with Gasteiger partial charge in [-0.25, -0.2) is 0 Å². The van der Waals surface area contributed by atoms with Crippen molar-refractivity contribution in [2.75, 3.05) is 44.7 Å². The van der Waals surface area contributed by atoms with Gasteiger partial charge in [0.25, 0.3) is 5.24 Å². The Morgan fingerprint density at radius 2 is 2.27 bits per heavy atom. The summed E-state index contributed by atoms with van der Waals surface area (Å²) >= 11 is 4.49. The van der Waals surface area contributed by atoms with Gasteiger partial charge in [0.05, 0.1) is 11.7 Å². The molecule has 1 amide bonds. The SMILES string of the molecule is CN1CCC=C(c2nsnc2SCCCN2CCSC2=O)C1. The minimum Gasteiger partial charge on any atom is -0.333 e. The Balaban J connectivity index is 1.50. The monoisotopic (exact) mass is 356 g/mol. The predicted octanol–water partition coefficient (Wildman–Crippen LogP) is 2.91. The zero-order chi connectivity index (χ0) is 15.4. The molecule has 5 nitrogen and oxygen atoms in total. The standard InChI is InChI=1S/C14H20N4OS3/c1-17-5-2-4-11(10-17)12-13(16-22-15-12)20-8-3-6-18-7-9-21-14(18)19/h4H,2-3,5-10H2,1H3. The summed E-state index contributed by atoms with van der Waals surface area (Å²) in [5.41, 5.74) is 2.37. The Bertz CT molecular complexity index is 560. The first-order chi connectivity index (χ1) is 10.7. The highest BCUT2D eigenvalue weighted by molar-refractivity contribution is 8.13. The summed E-state index contributed by atoms with van der Waals surface area (Å²) in [5.74, 6) is 1.92. The lowest BCUT2D eigenvalue weighted by Gasteiger charge is -2.22. The van der Waals surface area contributed by atoms with Crippen LogP contribution >= 0.6 is 35.3 Å². The predicted molar refractivity (Wildman–Crippen MR) is 94.8 cm³/mol. The van der Waals surface area contributed by atoms with Gasteiger partial charge < -0.3 is 9.80 Å². The third kappa shape index (κ3) is 4.04. The smallest absolute Gasteiger partial charge is 0.281 e. The van der Waals surface area contributed by atoms with Crippen LogP contribution in [0.25, 0.3) is 5.57 Å². The van der Waals surface area contributed by atoms with Crippen molar-refractivity contribution in [2.45, 2.75) is 17.9 Å². The van der Waals surface area contributed by atoms with E-state index >= 15 is 0 Å². The van der Waals surface area contributed by atoms with E-state index in [-0.39, 0.29) is 5.24 Å². The largest absolute Gasteiger partial charge is 0.333 e. The molecule has 3 heterocycles. The van der Waals surface area contributed by atoms with E-state index in [1.807, 2.05) is 4.90 Å². The maximum atomic E-state index is 11.5. The summed E-state index contributed by atoms with van der Waals surface area (Å²) in [6.07, 6.45) is 4.38. The van der Waals surface area contributed by atoms with Gasteiger partial charge in [-0.2, -0.15) is 8.75 Å². The summed E-state index contributed by atoms with van der Waals surface area (Å²) < 4.78 is 8.94. The van der Waals surface area contributed by atoms with Crippen LogP contribution in [0.5, 0.6) is 0 Å². The third-order valence-electron chi connectivity index (χ3n) is 3.76. The molecule has 0 radical (unpaired) electrons. The van der Waals surface area contributed by atoms with Crippen molar-refractivity contribution in [2.24, 2.45) is 0 Å². The van der Waals surface area contributed by atoms with E-state index < -0.39 is 0 Å². The van der Waals surface area contributed by atoms with E-state index in [9.17, 15) is 4.79 Å². The fourth-order valence-electron chi connectivity index (χ4n) is 2.59. The van der Waals surface area contributed by atoms with Gasteiger partial charge in [0, 0.05) is 37.7 Å². The lowest BCUT2D eigenvalue weighted by Crippen LogP contribution is -2.25. The second kappa shape index (κ2) is 7.81. The fraction of sp³-hybridized carbons (Fsp3) is 0.643. The molecule has 2 aliphatic rings. The number of rotatable bonds is 6. The Morgan fingerprint density at radius 1 is 1.36 bits per heavy atom. The van der Waals surface area contributed by atoms with Crippen molar-refractivity contribution < 1.29 is 4.79 Å². The molecule has 2 aliphatic heterocycles. The summed E-state index contributed by atoms with van der Waals surface area (Å²) in [6, 6.07) is 0. The molecule has 0 spiro atoms. The first-order valence-electron chi connectivity index (χ1n) is 7.49. The van der Waals surface area contributed by atoms with E-state index in [0.717, 1.165) is 61.2 Å². The molecule has 8 heteroatoms. The molecular formula is C14H20N4OS3. The van der Waals surface area contributed by atoms with Crippen molar-refractivity contribution in [3.8, 4) is 0 Å². The van der Waals surface area contributed by atoms with Gasteiger partial charge in [0.2, 0.25) is 0 Å². The summed E-state index contributed by atoms with van der Waals surface area (Å²) in [7, 11) is 2.14. The number of aromatic nitrogens is 2. The van der Waals surface area contributed by atoms with Gasteiger partial charge in [0.15, 0.2) is 0 Å². The number of nitrogens with zero attached hydrogens (tertiary/aromatic N) is 4. The minimum atomic E-state index is 0.233. The van der Waals surface area contributed by atoms with Gasteiger partial charge in [-0.3, -0.25) is 4.79 Å². The average Bonchev–Trinajstić information content (AvgIpc) is 3.13. The van der Waals surface area contributed by atoms with Crippen LogP contribution in [0, 0.1) is 0 Å². The molecule has 1 aromatic rings. The Kier molecular flexibility index (Phi) is 5.78. The maximum absolute atomic E-state index is 11.5. The highest BCUT2D eigenvalue weighted by Crippen LogP contribution is 2.29. The Morgan fingerprint density at radius 3 is 3.05 bits per heavy atom. The van der Waals surface area contributed by atoms with Crippen molar-refractivity contribution in [1.82, 2.24) is 18.5 Å². The molecular weight excluding hydrogens is 336 g/mol. The van der Waals surface area contributed by atoms with Crippen molar-refractivity contribution in [3.63, 3.8) is 0 Å². The van der Waals surface area contributed by atoms with Gasteiger partial charge in [-0.1, -0.05) is 17.8 Å². The first-order valence-corrected chi connectivity index (χ1v) is 10.2. The number of thioether (sulfide) groups is 2. The zero-order valence-corrected chi connectivity index (χ0v) is 15.1. The Hall–Kier alpha value is -0.570. The highest BCUT2D eigenvalue weighted by atomic mass is 32.2. The lowest BCUT2D eigenvalue weighted by atomic mass is 10.1. The molecule has 1 fully saturated rings. The molecule has 0 bridgehead atoms. The molecule has 0 saturated carbocycles. The van der Waals surface area contributed by atoms with Crippen molar-refractivity contribution in [3.05, 3.63) is 11.8 Å². The lowest BCUT2D eigenvalue weighted by molar-refractivity contribution is 0.230. The maximum Gasteiger partial charge on any atom is 0.281 e. The molecule has 22 heavy (non-hydrogen) atoms. The molecule has 0 unspecified atom stereocenters. The number of carbonyl (C=O) groups is 1. The van der Waals surface area contributed by atoms with E-state index in [1.54, 1.807) is 11.8 Å². The zero-order valence-electron chi connectivity index (χ0n) is 12.7. The van der Waals surface area contributed by atoms with Crippen LogP contribution in [0.1, 0.15) is 18.5 Å². The van der Waals surface area contributed by atoms with Crippen LogP contribution in [0.15, 0.2) is 11.1 Å². The molecule has 3 rings (SSSR count). The van der Waals surface area contributed by atoms with Crippen LogP contribution in [0.2, 0.25) is 0 Å². The number of carbonyl (C=O) groups excluding carboxylic acids is 1.